The Morgan fingerprint density at radius 1 is 1.11 bits per heavy atom. The monoisotopic (exact) mass is 537 g/mol. The van der Waals surface area contributed by atoms with E-state index in [1.54, 1.807) is 6.07 Å². The molecule has 1 saturated heterocycles. The molecule has 2 amide bonds. The molecule has 2 aliphatic rings. The summed E-state index contributed by atoms with van der Waals surface area (Å²) in [6.45, 7) is 3.78. The van der Waals surface area contributed by atoms with Crippen LogP contribution in [0.25, 0.3) is 11.0 Å². The number of rotatable bonds is 8. The molecule has 8 nitrogen and oxygen atoms in total. The normalized spacial score (nSPS) is 18.9. The van der Waals surface area contributed by atoms with Crippen LogP contribution in [0.15, 0.2) is 36.4 Å². The van der Waals surface area contributed by atoms with Gasteiger partial charge >= 0.3 is 0 Å². The van der Waals surface area contributed by atoms with Crippen LogP contribution in [0.5, 0.6) is 0 Å². The van der Waals surface area contributed by atoms with Gasteiger partial charge in [0.15, 0.2) is 0 Å². The van der Waals surface area contributed by atoms with Gasteiger partial charge in [0.1, 0.15) is 0 Å². The molecule has 2 aromatic carbocycles. The van der Waals surface area contributed by atoms with E-state index in [0.717, 1.165) is 56.2 Å². The standard InChI is InChI=1S/C29H36ClN5O3/c1-29(12-4-3-5-13-29)27(37)32-17-19-8-10-22(30)23(15-19)33-28-34-24-16-20(9-11-25(24)35(28)2)26(36)31-18-21-7-6-14-38-21/h8-11,15-16,21H,3-7,12-14,17-18H2,1-2H3,(H,31,36)(H,32,37)(H,33,34). The SMILES string of the molecule is Cn1c(Nc2cc(CNC(=O)C3(C)CCCCC3)ccc2Cl)nc2cc(C(=O)NCC3CCCO3)ccc21. The highest BCUT2D eigenvalue weighted by molar-refractivity contribution is 6.33. The van der Waals surface area contributed by atoms with Crippen LogP contribution in [0.2, 0.25) is 5.02 Å². The van der Waals surface area contributed by atoms with Gasteiger partial charge in [-0.2, -0.15) is 0 Å². The van der Waals surface area contributed by atoms with E-state index in [1.807, 2.05) is 41.9 Å². The Morgan fingerprint density at radius 3 is 2.68 bits per heavy atom. The molecule has 1 saturated carbocycles. The Morgan fingerprint density at radius 2 is 1.92 bits per heavy atom. The van der Waals surface area contributed by atoms with Gasteiger partial charge in [-0.25, -0.2) is 4.98 Å². The van der Waals surface area contributed by atoms with Crippen molar-refractivity contribution in [3.05, 3.63) is 52.5 Å². The topological polar surface area (TPSA) is 97.3 Å². The summed E-state index contributed by atoms with van der Waals surface area (Å²) in [5, 5.41) is 9.97. The molecule has 0 radical (unpaired) electrons. The number of amides is 2. The van der Waals surface area contributed by atoms with Crippen molar-refractivity contribution in [2.75, 3.05) is 18.5 Å². The Balaban J connectivity index is 1.26. The van der Waals surface area contributed by atoms with Crippen molar-refractivity contribution in [1.29, 1.82) is 0 Å². The summed E-state index contributed by atoms with van der Waals surface area (Å²) in [6, 6.07) is 11.2. The van der Waals surface area contributed by atoms with Crippen LogP contribution in [-0.2, 0) is 23.1 Å². The molecule has 1 aromatic heterocycles. The van der Waals surface area contributed by atoms with Crippen molar-refractivity contribution >= 4 is 46.1 Å². The second kappa shape index (κ2) is 11.3. The number of aryl methyl sites for hydroxylation is 1. The summed E-state index contributed by atoms with van der Waals surface area (Å²) in [6.07, 6.45) is 7.42. The van der Waals surface area contributed by atoms with E-state index in [1.165, 1.54) is 6.42 Å². The number of ether oxygens (including phenoxy) is 1. The second-order valence-corrected chi connectivity index (χ2v) is 11.2. The number of imidazole rings is 1. The summed E-state index contributed by atoms with van der Waals surface area (Å²) >= 11 is 6.51. The second-order valence-electron chi connectivity index (χ2n) is 10.8. The fourth-order valence-electron chi connectivity index (χ4n) is 5.42. The zero-order valence-electron chi connectivity index (χ0n) is 22.1. The van der Waals surface area contributed by atoms with E-state index in [2.05, 4.69) is 22.9 Å². The first-order chi connectivity index (χ1) is 18.3. The largest absolute Gasteiger partial charge is 0.376 e. The van der Waals surface area contributed by atoms with Gasteiger partial charge < -0.3 is 25.3 Å². The van der Waals surface area contributed by atoms with E-state index >= 15 is 0 Å². The molecular weight excluding hydrogens is 502 g/mol. The van der Waals surface area contributed by atoms with Gasteiger partial charge in [0, 0.05) is 37.7 Å². The number of fused-ring (bicyclic) bond motifs is 1. The number of carbonyl (C=O) groups excluding carboxylic acids is 2. The Bertz CT molecular complexity index is 1330. The minimum Gasteiger partial charge on any atom is -0.376 e. The Labute approximate surface area is 228 Å². The van der Waals surface area contributed by atoms with Crippen LogP contribution >= 0.6 is 11.6 Å². The fraction of sp³-hybridized carbons (Fsp3) is 0.483. The van der Waals surface area contributed by atoms with Crippen LogP contribution in [-0.4, -0.2) is 40.6 Å². The van der Waals surface area contributed by atoms with Gasteiger partial charge in [-0.05, 0) is 61.6 Å². The lowest BCUT2D eigenvalue weighted by Crippen LogP contribution is -2.39. The number of halogens is 1. The number of aromatic nitrogens is 2. The van der Waals surface area contributed by atoms with Crippen LogP contribution in [0.4, 0.5) is 11.6 Å². The molecule has 1 atom stereocenters. The quantitative estimate of drug-likeness (QED) is 0.354. The zero-order valence-corrected chi connectivity index (χ0v) is 22.9. The smallest absolute Gasteiger partial charge is 0.251 e. The number of anilines is 2. The third kappa shape index (κ3) is 5.81. The van der Waals surface area contributed by atoms with E-state index in [9.17, 15) is 9.59 Å². The molecule has 5 rings (SSSR count). The van der Waals surface area contributed by atoms with Crippen LogP contribution < -0.4 is 16.0 Å². The number of carbonyl (C=O) groups is 2. The average Bonchev–Trinajstić information content (AvgIpc) is 3.55. The molecule has 38 heavy (non-hydrogen) atoms. The minimum absolute atomic E-state index is 0.0949. The maximum atomic E-state index is 12.9. The summed E-state index contributed by atoms with van der Waals surface area (Å²) in [7, 11) is 1.91. The number of hydrogen-bond donors (Lipinski definition) is 3. The highest BCUT2D eigenvalue weighted by Gasteiger charge is 2.34. The third-order valence-corrected chi connectivity index (χ3v) is 8.22. The Hall–Kier alpha value is -3.10. The average molecular weight is 538 g/mol. The first-order valence-electron chi connectivity index (χ1n) is 13.5. The molecule has 1 aliphatic heterocycles. The van der Waals surface area contributed by atoms with E-state index in [-0.39, 0.29) is 23.3 Å². The van der Waals surface area contributed by atoms with Gasteiger partial charge in [0.25, 0.3) is 5.91 Å². The highest BCUT2D eigenvalue weighted by atomic mass is 35.5. The molecule has 202 valence electrons. The van der Waals surface area contributed by atoms with Crippen molar-refractivity contribution in [1.82, 2.24) is 20.2 Å². The Kier molecular flexibility index (Phi) is 7.91. The predicted octanol–water partition coefficient (Wildman–Crippen LogP) is 5.47. The summed E-state index contributed by atoms with van der Waals surface area (Å²) in [5.74, 6) is 0.588. The van der Waals surface area contributed by atoms with Crippen molar-refractivity contribution < 1.29 is 14.3 Å². The van der Waals surface area contributed by atoms with Crippen LogP contribution in [0.3, 0.4) is 0 Å². The summed E-state index contributed by atoms with van der Waals surface area (Å²) < 4.78 is 7.52. The highest BCUT2D eigenvalue weighted by Crippen LogP contribution is 2.36. The maximum absolute atomic E-state index is 12.9. The molecule has 1 unspecified atom stereocenters. The summed E-state index contributed by atoms with van der Waals surface area (Å²) in [4.78, 5) is 30.3. The van der Waals surface area contributed by atoms with E-state index in [4.69, 9.17) is 21.3 Å². The molecular formula is C29H36ClN5O3. The first kappa shape index (κ1) is 26.5. The molecule has 2 fully saturated rings. The molecule has 0 spiro atoms. The van der Waals surface area contributed by atoms with Crippen molar-refractivity contribution in [2.24, 2.45) is 12.5 Å². The number of nitrogens with zero attached hydrogens (tertiary/aromatic N) is 2. The molecule has 1 aliphatic carbocycles. The van der Waals surface area contributed by atoms with Crippen molar-refractivity contribution in [2.45, 2.75) is 64.5 Å². The van der Waals surface area contributed by atoms with Crippen molar-refractivity contribution in [3.63, 3.8) is 0 Å². The molecule has 3 aromatic rings. The lowest BCUT2D eigenvalue weighted by Gasteiger charge is -2.32. The van der Waals surface area contributed by atoms with E-state index < -0.39 is 0 Å². The lowest BCUT2D eigenvalue weighted by atomic mass is 9.75. The van der Waals surface area contributed by atoms with Crippen LogP contribution in [0.1, 0.15) is 67.8 Å². The van der Waals surface area contributed by atoms with Gasteiger partial charge in [-0.15, -0.1) is 0 Å². The van der Waals surface area contributed by atoms with Gasteiger partial charge in [0.05, 0.1) is 27.8 Å². The zero-order chi connectivity index (χ0) is 26.7. The lowest BCUT2D eigenvalue weighted by molar-refractivity contribution is -0.132. The van der Waals surface area contributed by atoms with E-state index in [0.29, 0.717) is 40.8 Å². The maximum Gasteiger partial charge on any atom is 0.251 e. The first-order valence-corrected chi connectivity index (χ1v) is 13.9. The third-order valence-electron chi connectivity index (χ3n) is 7.89. The molecule has 9 heteroatoms. The number of hydrogen-bond acceptors (Lipinski definition) is 5. The predicted molar refractivity (Wildman–Crippen MR) is 150 cm³/mol. The summed E-state index contributed by atoms with van der Waals surface area (Å²) in [5.41, 5.74) is 3.54. The number of nitrogens with one attached hydrogen (secondary N) is 3. The fourth-order valence-corrected chi connectivity index (χ4v) is 5.59. The minimum atomic E-state index is -0.279. The molecule has 2 heterocycles. The van der Waals surface area contributed by atoms with Crippen LogP contribution in [0, 0.1) is 5.41 Å². The number of benzene rings is 2. The molecule has 0 bridgehead atoms. The molecule has 3 N–H and O–H groups in total. The van der Waals surface area contributed by atoms with Crippen molar-refractivity contribution in [3.8, 4) is 0 Å². The van der Waals surface area contributed by atoms with Gasteiger partial charge in [-0.1, -0.05) is 43.9 Å². The van der Waals surface area contributed by atoms with Gasteiger partial charge in [0.2, 0.25) is 11.9 Å². The van der Waals surface area contributed by atoms with Gasteiger partial charge in [-0.3, -0.25) is 9.59 Å².